The maximum atomic E-state index is 12.8. The summed E-state index contributed by atoms with van der Waals surface area (Å²) in [4.78, 5) is 50.2. The Morgan fingerprint density at radius 2 is 1.82 bits per heavy atom. The molecule has 8 heteroatoms. The molecule has 1 saturated heterocycles. The predicted octanol–water partition coefficient (Wildman–Crippen LogP) is 2.92. The van der Waals surface area contributed by atoms with E-state index in [0.717, 1.165) is 21.9 Å². The van der Waals surface area contributed by atoms with Crippen LogP contribution in [0.5, 0.6) is 0 Å². The van der Waals surface area contributed by atoms with E-state index in [-0.39, 0.29) is 24.3 Å². The number of rotatable bonds is 4. The summed E-state index contributed by atoms with van der Waals surface area (Å²) in [6.07, 6.45) is 0.547. The number of urea groups is 1. The SMILES string of the molecule is O=C1CC[C@@H](N2Cc3cc(CNC(=O)Nc4ccc5ccccc5c4)ccc3C2=O)C(=O)N1. The van der Waals surface area contributed by atoms with E-state index in [9.17, 15) is 19.2 Å². The number of piperidine rings is 1. The normalized spacial score (nSPS) is 17.6. The molecule has 1 atom stereocenters. The summed E-state index contributed by atoms with van der Waals surface area (Å²) in [7, 11) is 0. The predicted molar refractivity (Wildman–Crippen MR) is 122 cm³/mol. The van der Waals surface area contributed by atoms with Crippen molar-refractivity contribution in [2.24, 2.45) is 0 Å². The molecule has 0 saturated carbocycles. The molecule has 2 aliphatic rings. The first kappa shape index (κ1) is 20.7. The van der Waals surface area contributed by atoms with Gasteiger partial charge in [0.05, 0.1) is 0 Å². The summed E-state index contributed by atoms with van der Waals surface area (Å²) < 4.78 is 0. The van der Waals surface area contributed by atoms with E-state index in [1.807, 2.05) is 48.5 Å². The van der Waals surface area contributed by atoms with E-state index < -0.39 is 11.9 Å². The van der Waals surface area contributed by atoms with Crippen molar-refractivity contribution in [1.29, 1.82) is 0 Å². The van der Waals surface area contributed by atoms with Crippen LogP contribution in [0.1, 0.15) is 34.3 Å². The van der Waals surface area contributed by atoms with Gasteiger partial charge in [-0.15, -0.1) is 0 Å². The van der Waals surface area contributed by atoms with Gasteiger partial charge in [-0.25, -0.2) is 4.79 Å². The Kier molecular flexibility index (Phi) is 5.26. The number of hydrogen-bond donors (Lipinski definition) is 3. The molecule has 2 heterocycles. The third kappa shape index (κ3) is 4.15. The Morgan fingerprint density at radius 3 is 2.64 bits per heavy atom. The Labute approximate surface area is 189 Å². The third-order valence-corrected chi connectivity index (χ3v) is 6.05. The first-order valence-corrected chi connectivity index (χ1v) is 10.8. The summed E-state index contributed by atoms with van der Waals surface area (Å²) >= 11 is 0. The van der Waals surface area contributed by atoms with Crippen molar-refractivity contribution < 1.29 is 19.2 Å². The average molecular weight is 442 g/mol. The van der Waals surface area contributed by atoms with Gasteiger partial charge >= 0.3 is 6.03 Å². The lowest BCUT2D eigenvalue weighted by Gasteiger charge is -2.29. The fourth-order valence-corrected chi connectivity index (χ4v) is 4.36. The maximum Gasteiger partial charge on any atom is 0.319 e. The summed E-state index contributed by atoms with van der Waals surface area (Å²) in [5, 5.41) is 10.1. The van der Waals surface area contributed by atoms with Crippen LogP contribution < -0.4 is 16.0 Å². The lowest BCUT2D eigenvalue weighted by molar-refractivity contribution is -0.136. The van der Waals surface area contributed by atoms with E-state index in [0.29, 0.717) is 30.8 Å². The standard InChI is InChI=1S/C25H22N4O4/c30-22-10-9-21(23(31)28-22)29-14-18-11-15(5-8-20(18)24(29)32)13-26-25(33)27-19-7-6-16-3-1-2-4-17(16)12-19/h1-8,11-12,21H,9-10,13-14H2,(H2,26,27,33)(H,28,30,31)/t21-/m1/s1. The van der Waals surface area contributed by atoms with E-state index in [2.05, 4.69) is 16.0 Å². The molecule has 3 aromatic carbocycles. The third-order valence-electron chi connectivity index (χ3n) is 6.05. The molecule has 0 radical (unpaired) electrons. The van der Waals surface area contributed by atoms with Crippen molar-refractivity contribution in [3.63, 3.8) is 0 Å². The van der Waals surface area contributed by atoms with E-state index >= 15 is 0 Å². The van der Waals surface area contributed by atoms with Gasteiger partial charge in [-0.1, -0.05) is 42.5 Å². The first-order valence-electron chi connectivity index (χ1n) is 10.8. The zero-order valence-corrected chi connectivity index (χ0v) is 17.8. The Hall–Kier alpha value is -4.20. The van der Waals surface area contributed by atoms with Gasteiger partial charge in [-0.3, -0.25) is 19.7 Å². The van der Waals surface area contributed by atoms with Gasteiger partial charge in [0.2, 0.25) is 11.8 Å². The highest BCUT2D eigenvalue weighted by Gasteiger charge is 2.39. The minimum Gasteiger partial charge on any atom is -0.334 e. The van der Waals surface area contributed by atoms with Crippen LogP contribution in [0.3, 0.4) is 0 Å². The Bertz CT molecular complexity index is 1300. The molecule has 1 fully saturated rings. The number of carbonyl (C=O) groups excluding carboxylic acids is 4. The average Bonchev–Trinajstić information content (AvgIpc) is 3.13. The van der Waals surface area contributed by atoms with Gasteiger partial charge in [0.25, 0.3) is 5.91 Å². The topological polar surface area (TPSA) is 108 Å². The molecule has 33 heavy (non-hydrogen) atoms. The van der Waals surface area contributed by atoms with Crippen molar-refractivity contribution in [1.82, 2.24) is 15.5 Å². The lowest BCUT2D eigenvalue weighted by Crippen LogP contribution is -2.52. The number of amides is 5. The highest BCUT2D eigenvalue weighted by molar-refractivity contribution is 6.05. The zero-order valence-electron chi connectivity index (χ0n) is 17.8. The Balaban J connectivity index is 1.21. The van der Waals surface area contributed by atoms with Crippen molar-refractivity contribution in [3.8, 4) is 0 Å². The number of nitrogens with one attached hydrogen (secondary N) is 3. The number of fused-ring (bicyclic) bond motifs is 2. The van der Waals surface area contributed by atoms with Crippen LogP contribution in [0.15, 0.2) is 60.7 Å². The van der Waals surface area contributed by atoms with Crippen LogP contribution in [0.2, 0.25) is 0 Å². The molecule has 0 aliphatic carbocycles. The number of nitrogens with zero attached hydrogens (tertiary/aromatic N) is 1. The summed E-state index contributed by atoms with van der Waals surface area (Å²) in [5.74, 6) is -0.955. The molecule has 166 valence electrons. The molecule has 0 spiro atoms. The number of hydrogen-bond acceptors (Lipinski definition) is 4. The molecule has 2 aliphatic heterocycles. The fraction of sp³-hybridized carbons (Fsp3) is 0.200. The van der Waals surface area contributed by atoms with Crippen molar-refractivity contribution in [2.75, 3.05) is 5.32 Å². The monoisotopic (exact) mass is 442 g/mol. The number of anilines is 1. The van der Waals surface area contributed by atoms with E-state index in [4.69, 9.17) is 0 Å². The second-order valence-corrected chi connectivity index (χ2v) is 8.26. The number of carbonyl (C=O) groups is 4. The second kappa shape index (κ2) is 8.38. The number of benzene rings is 3. The van der Waals surface area contributed by atoms with E-state index in [1.165, 1.54) is 4.90 Å². The van der Waals surface area contributed by atoms with Crippen LogP contribution in [0, 0.1) is 0 Å². The zero-order chi connectivity index (χ0) is 22.9. The molecule has 5 rings (SSSR count). The van der Waals surface area contributed by atoms with Crippen molar-refractivity contribution in [3.05, 3.63) is 77.4 Å². The van der Waals surface area contributed by atoms with Crippen molar-refractivity contribution >= 4 is 40.2 Å². The second-order valence-electron chi connectivity index (χ2n) is 8.26. The molecular formula is C25H22N4O4. The molecule has 5 amide bonds. The van der Waals surface area contributed by atoms with Crippen LogP contribution in [-0.4, -0.2) is 34.7 Å². The molecule has 8 nitrogen and oxygen atoms in total. The maximum absolute atomic E-state index is 12.8. The fourth-order valence-electron chi connectivity index (χ4n) is 4.36. The first-order chi connectivity index (χ1) is 16.0. The molecule has 0 aromatic heterocycles. The van der Waals surface area contributed by atoms with Gasteiger partial charge in [-0.05, 0) is 46.5 Å². The number of imide groups is 1. The smallest absolute Gasteiger partial charge is 0.319 e. The molecule has 3 aromatic rings. The molecule has 3 N–H and O–H groups in total. The summed E-state index contributed by atoms with van der Waals surface area (Å²) in [5.41, 5.74) is 2.90. The van der Waals surface area contributed by atoms with Gasteiger partial charge < -0.3 is 15.5 Å². The minimum atomic E-state index is -0.642. The minimum absolute atomic E-state index is 0.215. The summed E-state index contributed by atoms with van der Waals surface area (Å²) in [6, 6.07) is 18.1. The lowest BCUT2D eigenvalue weighted by atomic mass is 10.0. The van der Waals surface area contributed by atoms with Crippen LogP contribution in [-0.2, 0) is 22.7 Å². The highest BCUT2D eigenvalue weighted by atomic mass is 16.2. The largest absolute Gasteiger partial charge is 0.334 e. The van der Waals surface area contributed by atoms with Crippen LogP contribution >= 0.6 is 0 Å². The molecular weight excluding hydrogens is 420 g/mol. The van der Waals surface area contributed by atoms with Crippen LogP contribution in [0.4, 0.5) is 10.5 Å². The molecule has 0 unspecified atom stereocenters. The van der Waals surface area contributed by atoms with Crippen molar-refractivity contribution in [2.45, 2.75) is 32.0 Å². The molecule has 0 bridgehead atoms. The van der Waals surface area contributed by atoms with Gasteiger partial charge in [0, 0.05) is 30.8 Å². The van der Waals surface area contributed by atoms with Crippen LogP contribution in [0.25, 0.3) is 10.8 Å². The van der Waals surface area contributed by atoms with E-state index in [1.54, 1.807) is 12.1 Å². The van der Waals surface area contributed by atoms with Gasteiger partial charge in [0.1, 0.15) is 6.04 Å². The quantitative estimate of drug-likeness (QED) is 0.540. The van der Waals surface area contributed by atoms with Gasteiger partial charge in [0.15, 0.2) is 0 Å². The summed E-state index contributed by atoms with van der Waals surface area (Å²) in [6.45, 7) is 0.594. The van der Waals surface area contributed by atoms with Gasteiger partial charge in [-0.2, -0.15) is 0 Å². The Morgan fingerprint density at radius 1 is 1.00 bits per heavy atom. The highest BCUT2D eigenvalue weighted by Crippen LogP contribution is 2.28.